The number of piperidine rings is 1. The molecular weight excluding hydrogens is 198 g/mol. The number of nitrogens with one attached hydrogen (secondary N) is 1. The molecule has 2 aliphatic carbocycles. The molecule has 0 aromatic rings. The summed E-state index contributed by atoms with van der Waals surface area (Å²) in [5, 5.41) is 3.55. The Morgan fingerprint density at radius 1 is 1.44 bits per heavy atom. The fourth-order valence-electron chi connectivity index (χ4n) is 3.36. The van der Waals surface area contributed by atoms with E-state index in [0.717, 1.165) is 13.0 Å². The van der Waals surface area contributed by atoms with Crippen LogP contribution in [0.25, 0.3) is 0 Å². The first kappa shape index (κ1) is 10.0. The summed E-state index contributed by atoms with van der Waals surface area (Å²) in [6.45, 7) is 1.14. The molecule has 1 heterocycles. The molecule has 16 heavy (non-hydrogen) atoms. The summed E-state index contributed by atoms with van der Waals surface area (Å²) in [5.41, 5.74) is 1.46. The summed E-state index contributed by atoms with van der Waals surface area (Å²) >= 11 is 0. The molecule has 3 unspecified atom stereocenters. The van der Waals surface area contributed by atoms with Crippen LogP contribution >= 0.6 is 0 Å². The molecule has 0 bridgehead atoms. The summed E-state index contributed by atoms with van der Waals surface area (Å²) in [7, 11) is 1.80. The van der Waals surface area contributed by atoms with Crippen molar-refractivity contribution in [1.82, 2.24) is 5.32 Å². The van der Waals surface area contributed by atoms with Gasteiger partial charge in [-0.2, -0.15) is 0 Å². The van der Waals surface area contributed by atoms with Gasteiger partial charge in [0.2, 0.25) is 0 Å². The molecule has 0 aromatic carbocycles. The maximum atomic E-state index is 5.56. The maximum Gasteiger partial charge on any atom is 0.0998 e. The number of rotatable bonds is 1. The molecule has 1 aliphatic heterocycles. The molecule has 3 rings (SSSR count). The van der Waals surface area contributed by atoms with Gasteiger partial charge in [0.15, 0.2) is 0 Å². The van der Waals surface area contributed by atoms with Crippen molar-refractivity contribution in [2.75, 3.05) is 13.7 Å². The Morgan fingerprint density at radius 2 is 2.38 bits per heavy atom. The van der Waals surface area contributed by atoms with Gasteiger partial charge in [-0.3, -0.25) is 0 Å². The SMILES string of the molecule is COC1=CC=CC2CC=C3NCCCC3C12. The van der Waals surface area contributed by atoms with E-state index in [4.69, 9.17) is 4.74 Å². The molecule has 1 saturated heterocycles. The van der Waals surface area contributed by atoms with E-state index >= 15 is 0 Å². The normalized spacial score (nSPS) is 36.4. The van der Waals surface area contributed by atoms with Crippen LogP contribution in [0.4, 0.5) is 0 Å². The molecule has 0 radical (unpaired) electrons. The zero-order valence-electron chi connectivity index (χ0n) is 9.78. The highest BCUT2D eigenvalue weighted by Crippen LogP contribution is 2.44. The van der Waals surface area contributed by atoms with Crippen LogP contribution in [0.1, 0.15) is 19.3 Å². The molecule has 3 atom stereocenters. The van der Waals surface area contributed by atoms with E-state index in [1.54, 1.807) is 7.11 Å². The Balaban J connectivity index is 1.93. The minimum absolute atomic E-state index is 0.572. The van der Waals surface area contributed by atoms with Crippen molar-refractivity contribution >= 4 is 0 Å². The van der Waals surface area contributed by atoms with Crippen LogP contribution < -0.4 is 5.32 Å². The molecule has 1 fully saturated rings. The monoisotopic (exact) mass is 217 g/mol. The second kappa shape index (κ2) is 4.00. The number of fused-ring (bicyclic) bond motifs is 3. The summed E-state index contributed by atoms with van der Waals surface area (Å²) < 4.78 is 5.56. The second-order valence-corrected chi connectivity index (χ2v) is 4.92. The largest absolute Gasteiger partial charge is 0.501 e. The minimum Gasteiger partial charge on any atom is -0.501 e. The summed E-state index contributed by atoms with van der Waals surface area (Å²) in [6, 6.07) is 0. The van der Waals surface area contributed by atoms with Crippen molar-refractivity contribution in [1.29, 1.82) is 0 Å². The topological polar surface area (TPSA) is 21.3 Å². The van der Waals surface area contributed by atoms with E-state index in [9.17, 15) is 0 Å². The van der Waals surface area contributed by atoms with Crippen molar-refractivity contribution in [3.05, 3.63) is 35.8 Å². The van der Waals surface area contributed by atoms with Crippen LogP contribution in [0.2, 0.25) is 0 Å². The lowest BCUT2D eigenvalue weighted by atomic mass is 9.68. The molecule has 1 N–H and O–H groups in total. The minimum atomic E-state index is 0.572. The van der Waals surface area contributed by atoms with Gasteiger partial charge < -0.3 is 10.1 Å². The number of hydrogen-bond acceptors (Lipinski definition) is 2. The van der Waals surface area contributed by atoms with Crippen molar-refractivity contribution < 1.29 is 4.74 Å². The smallest absolute Gasteiger partial charge is 0.0998 e. The van der Waals surface area contributed by atoms with Crippen LogP contribution in [0.3, 0.4) is 0 Å². The third-order valence-electron chi connectivity index (χ3n) is 4.11. The van der Waals surface area contributed by atoms with E-state index in [1.807, 2.05) is 0 Å². The molecular formula is C14H19NO. The number of hydrogen-bond donors (Lipinski definition) is 1. The van der Waals surface area contributed by atoms with E-state index in [1.165, 1.54) is 24.3 Å². The second-order valence-electron chi connectivity index (χ2n) is 4.92. The van der Waals surface area contributed by atoms with E-state index in [-0.39, 0.29) is 0 Å². The average molecular weight is 217 g/mol. The highest BCUT2D eigenvalue weighted by atomic mass is 16.5. The summed E-state index contributed by atoms with van der Waals surface area (Å²) in [5.74, 6) is 3.05. The molecule has 0 aromatic heterocycles. The predicted molar refractivity (Wildman–Crippen MR) is 64.6 cm³/mol. The lowest BCUT2D eigenvalue weighted by Crippen LogP contribution is -2.39. The van der Waals surface area contributed by atoms with Crippen molar-refractivity contribution in [2.24, 2.45) is 17.8 Å². The van der Waals surface area contributed by atoms with Gasteiger partial charge in [-0.25, -0.2) is 0 Å². The third-order valence-corrected chi connectivity index (χ3v) is 4.11. The number of ether oxygens (including phenoxy) is 1. The van der Waals surface area contributed by atoms with Gasteiger partial charge in [0, 0.05) is 24.1 Å². The van der Waals surface area contributed by atoms with Crippen LogP contribution in [0.5, 0.6) is 0 Å². The Hall–Kier alpha value is -1.18. The Labute approximate surface area is 97.1 Å². The first-order valence-electron chi connectivity index (χ1n) is 6.26. The number of allylic oxidation sites excluding steroid dienone is 6. The summed E-state index contributed by atoms with van der Waals surface area (Å²) in [6.07, 6.45) is 12.8. The fourth-order valence-corrected chi connectivity index (χ4v) is 3.36. The van der Waals surface area contributed by atoms with Gasteiger partial charge in [-0.05, 0) is 31.3 Å². The fraction of sp³-hybridized carbons (Fsp3) is 0.571. The highest BCUT2D eigenvalue weighted by molar-refractivity contribution is 5.28. The molecule has 0 saturated carbocycles. The van der Waals surface area contributed by atoms with Crippen molar-refractivity contribution in [3.8, 4) is 0 Å². The predicted octanol–water partition coefficient (Wildman–Crippen LogP) is 2.61. The van der Waals surface area contributed by atoms with Gasteiger partial charge in [-0.15, -0.1) is 0 Å². The standard InChI is InChI=1S/C14H19NO/c1-16-13-6-2-4-10-7-8-12-11(14(10)13)5-3-9-15-12/h2,4,6,8,10-11,14-15H,3,5,7,9H2,1H3. The molecule has 3 aliphatic rings. The van der Waals surface area contributed by atoms with Gasteiger partial charge in [0.05, 0.1) is 12.9 Å². The highest BCUT2D eigenvalue weighted by Gasteiger charge is 2.38. The van der Waals surface area contributed by atoms with Crippen molar-refractivity contribution in [2.45, 2.75) is 19.3 Å². The van der Waals surface area contributed by atoms with Gasteiger partial charge in [0.25, 0.3) is 0 Å². The Morgan fingerprint density at radius 3 is 3.25 bits per heavy atom. The van der Waals surface area contributed by atoms with E-state index in [2.05, 4.69) is 29.6 Å². The first-order valence-corrected chi connectivity index (χ1v) is 6.26. The zero-order chi connectivity index (χ0) is 11.0. The summed E-state index contributed by atoms with van der Waals surface area (Å²) in [4.78, 5) is 0. The molecule has 0 spiro atoms. The van der Waals surface area contributed by atoms with Gasteiger partial charge in [0.1, 0.15) is 0 Å². The van der Waals surface area contributed by atoms with Crippen LogP contribution in [-0.2, 0) is 4.74 Å². The first-order chi connectivity index (χ1) is 7.90. The van der Waals surface area contributed by atoms with Crippen LogP contribution in [0, 0.1) is 17.8 Å². The van der Waals surface area contributed by atoms with Crippen LogP contribution in [-0.4, -0.2) is 13.7 Å². The Kier molecular flexibility index (Phi) is 2.50. The molecule has 86 valence electrons. The quantitative estimate of drug-likeness (QED) is 0.729. The van der Waals surface area contributed by atoms with Crippen molar-refractivity contribution in [3.63, 3.8) is 0 Å². The zero-order valence-corrected chi connectivity index (χ0v) is 9.78. The molecule has 2 nitrogen and oxygen atoms in total. The maximum absolute atomic E-state index is 5.56. The lowest BCUT2D eigenvalue weighted by molar-refractivity contribution is 0.159. The van der Waals surface area contributed by atoms with Gasteiger partial charge in [-0.1, -0.05) is 18.2 Å². The van der Waals surface area contributed by atoms with E-state index in [0.29, 0.717) is 17.8 Å². The number of methoxy groups -OCH3 is 1. The third kappa shape index (κ3) is 1.48. The molecule has 2 heteroatoms. The molecule has 0 amide bonds. The van der Waals surface area contributed by atoms with E-state index < -0.39 is 0 Å². The van der Waals surface area contributed by atoms with Crippen LogP contribution in [0.15, 0.2) is 35.8 Å². The Bertz CT molecular complexity index is 367. The lowest BCUT2D eigenvalue weighted by Gasteiger charge is -2.41. The average Bonchev–Trinajstić information content (AvgIpc) is 2.37. The van der Waals surface area contributed by atoms with Gasteiger partial charge >= 0.3 is 0 Å².